The predicted molar refractivity (Wildman–Crippen MR) is 75.1 cm³/mol. The molecule has 3 rings (SSSR count). The van der Waals surface area contributed by atoms with Crippen molar-refractivity contribution in [3.8, 4) is 17.3 Å². The van der Waals surface area contributed by atoms with Gasteiger partial charge in [-0.05, 0) is 25.0 Å². The average Bonchev–Trinajstić information content (AvgIpc) is 2.98. The van der Waals surface area contributed by atoms with Crippen LogP contribution in [0.4, 0.5) is 0 Å². The third-order valence-electron chi connectivity index (χ3n) is 3.32. The van der Waals surface area contributed by atoms with Gasteiger partial charge < -0.3 is 4.74 Å². The molecular weight excluding hydrogens is 256 g/mol. The van der Waals surface area contributed by atoms with Crippen molar-refractivity contribution < 1.29 is 4.74 Å². The molecule has 0 radical (unpaired) electrons. The van der Waals surface area contributed by atoms with Gasteiger partial charge in [0, 0.05) is 23.5 Å². The summed E-state index contributed by atoms with van der Waals surface area (Å²) in [4.78, 5) is 4.71. The van der Waals surface area contributed by atoms with Crippen molar-refractivity contribution in [1.82, 2.24) is 4.98 Å². The highest BCUT2D eigenvalue weighted by Crippen LogP contribution is 2.31. The Bertz CT molecular complexity index is 609. The molecule has 19 heavy (non-hydrogen) atoms. The topological polar surface area (TPSA) is 45.9 Å². The molecule has 0 saturated carbocycles. The fraction of sp³-hybridized carbons (Fsp3) is 0.333. The van der Waals surface area contributed by atoms with Crippen molar-refractivity contribution in [2.24, 2.45) is 0 Å². The van der Waals surface area contributed by atoms with Crippen LogP contribution in [-0.2, 0) is 4.74 Å². The Morgan fingerprint density at radius 1 is 1.42 bits per heavy atom. The lowest BCUT2D eigenvalue weighted by atomic mass is 10.0. The van der Waals surface area contributed by atoms with Crippen LogP contribution in [0, 0.1) is 11.3 Å². The van der Waals surface area contributed by atoms with Gasteiger partial charge in [0.2, 0.25) is 0 Å². The van der Waals surface area contributed by atoms with Crippen LogP contribution in [0.15, 0.2) is 29.6 Å². The molecular formula is C15H14N2OS. The number of nitriles is 1. The Hall–Kier alpha value is -1.70. The number of hydrogen-bond acceptors (Lipinski definition) is 4. The van der Waals surface area contributed by atoms with Gasteiger partial charge in [-0.25, -0.2) is 4.98 Å². The number of hydrogen-bond donors (Lipinski definition) is 0. The van der Waals surface area contributed by atoms with Crippen molar-refractivity contribution in [2.45, 2.75) is 18.8 Å². The van der Waals surface area contributed by atoms with E-state index in [2.05, 4.69) is 11.4 Å². The lowest BCUT2D eigenvalue weighted by Gasteiger charge is -2.19. The molecule has 1 aromatic carbocycles. The lowest BCUT2D eigenvalue weighted by Crippen LogP contribution is -2.15. The first-order valence-corrected chi connectivity index (χ1v) is 7.28. The Morgan fingerprint density at radius 3 is 3.16 bits per heavy atom. The van der Waals surface area contributed by atoms with Gasteiger partial charge in [0.1, 0.15) is 0 Å². The summed E-state index contributed by atoms with van der Waals surface area (Å²) in [6.07, 6.45) is 2.27. The zero-order chi connectivity index (χ0) is 13.1. The normalized spacial score (nSPS) is 19.0. The van der Waals surface area contributed by atoms with Crippen LogP contribution in [-0.4, -0.2) is 18.2 Å². The summed E-state index contributed by atoms with van der Waals surface area (Å²) in [7, 11) is 0. The van der Waals surface area contributed by atoms with Gasteiger partial charge in [-0.2, -0.15) is 5.26 Å². The molecule has 1 aromatic heterocycles. The van der Waals surface area contributed by atoms with E-state index in [9.17, 15) is 0 Å². The quantitative estimate of drug-likeness (QED) is 0.838. The van der Waals surface area contributed by atoms with Crippen LogP contribution in [0.2, 0.25) is 0 Å². The van der Waals surface area contributed by atoms with Crippen molar-refractivity contribution in [1.29, 1.82) is 5.26 Å². The van der Waals surface area contributed by atoms with Crippen molar-refractivity contribution in [3.63, 3.8) is 0 Å². The van der Waals surface area contributed by atoms with Crippen LogP contribution in [0.3, 0.4) is 0 Å². The minimum atomic E-state index is 0.437. The Kier molecular flexibility index (Phi) is 3.58. The van der Waals surface area contributed by atoms with E-state index in [0.717, 1.165) is 42.3 Å². The molecule has 3 nitrogen and oxygen atoms in total. The molecule has 96 valence electrons. The first-order valence-electron chi connectivity index (χ1n) is 6.40. The van der Waals surface area contributed by atoms with E-state index in [1.165, 1.54) is 0 Å². The van der Waals surface area contributed by atoms with Crippen molar-refractivity contribution in [3.05, 3.63) is 40.2 Å². The van der Waals surface area contributed by atoms with E-state index in [-0.39, 0.29) is 0 Å². The second-order valence-corrected chi connectivity index (χ2v) is 5.57. The zero-order valence-corrected chi connectivity index (χ0v) is 11.3. The highest BCUT2D eigenvalue weighted by atomic mass is 32.1. The predicted octanol–water partition coefficient (Wildman–Crippen LogP) is 3.58. The summed E-state index contributed by atoms with van der Waals surface area (Å²) in [5.74, 6) is 0.437. The van der Waals surface area contributed by atoms with E-state index in [4.69, 9.17) is 15.0 Å². The first kappa shape index (κ1) is 12.3. The highest BCUT2D eigenvalue weighted by Gasteiger charge is 2.19. The van der Waals surface area contributed by atoms with Crippen molar-refractivity contribution in [2.75, 3.05) is 13.2 Å². The molecule has 0 N–H and O–H groups in total. The van der Waals surface area contributed by atoms with Crippen LogP contribution >= 0.6 is 11.3 Å². The van der Waals surface area contributed by atoms with E-state index >= 15 is 0 Å². The van der Waals surface area contributed by atoms with Gasteiger partial charge in [-0.3, -0.25) is 0 Å². The van der Waals surface area contributed by atoms with Crippen LogP contribution < -0.4 is 0 Å². The maximum atomic E-state index is 8.93. The Labute approximate surface area is 116 Å². The minimum absolute atomic E-state index is 0.437. The lowest BCUT2D eigenvalue weighted by molar-refractivity contribution is 0.0804. The maximum absolute atomic E-state index is 8.93. The fourth-order valence-electron chi connectivity index (χ4n) is 2.29. The number of benzene rings is 1. The summed E-state index contributed by atoms with van der Waals surface area (Å²) in [6.45, 7) is 1.66. The highest BCUT2D eigenvalue weighted by molar-refractivity contribution is 7.10. The number of thiazole rings is 1. The molecule has 0 aliphatic carbocycles. The Balaban J connectivity index is 1.86. The second-order valence-electron chi connectivity index (χ2n) is 4.68. The number of aromatic nitrogens is 1. The maximum Gasteiger partial charge on any atom is 0.0991 e. The number of nitrogens with zero attached hydrogens (tertiary/aromatic N) is 2. The van der Waals surface area contributed by atoms with Gasteiger partial charge in [0.25, 0.3) is 0 Å². The van der Waals surface area contributed by atoms with Crippen LogP contribution in [0.1, 0.15) is 29.3 Å². The molecule has 1 atom stereocenters. The number of rotatable bonds is 2. The molecule has 0 amide bonds. The van der Waals surface area contributed by atoms with Gasteiger partial charge in [-0.1, -0.05) is 12.1 Å². The van der Waals surface area contributed by atoms with Gasteiger partial charge >= 0.3 is 0 Å². The molecule has 2 heterocycles. The largest absolute Gasteiger partial charge is 0.381 e. The Morgan fingerprint density at radius 2 is 2.37 bits per heavy atom. The molecule has 2 aromatic rings. The molecule has 1 unspecified atom stereocenters. The SMILES string of the molecule is N#Cc1cccc(-c2csc(C3CCCOC3)n2)c1. The minimum Gasteiger partial charge on any atom is -0.381 e. The monoisotopic (exact) mass is 270 g/mol. The second kappa shape index (κ2) is 5.52. The van der Waals surface area contributed by atoms with Gasteiger partial charge in [0.05, 0.1) is 28.9 Å². The average molecular weight is 270 g/mol. The molecule has 0 spiro atoms. The van der Waals surface area contributed by atoms with E-state index in [1.54, 1.807) is 11.3 Å². The summed E-state index contributed by atoms with van der Waals surface area (Å²) < 4.78 is 5.51. The van der Waals surface area contributed by atoms with Gasteiger partial charge in [0.15, 0.2) is 0 Å². The fourth-order valence-corrected chi connectivity index (χ4v) is 3.24. The van der Waals surface area contributed by atoms with E-state index < -0.39 is 0 Å². The molecule has 4 heteroatoms. The summed E-state index contributed by atoms with van der Waals surface area (Å²) in [6, 6.07) is 9.76. The van der Waals surface area contributed by atoms with Crippen LogP contribution in [0.5, 0.6) is 0 Å². The van der Waals surface area contributed by atoms with E-state index in [0.29, 0.717) is 11.5 Å². The molecule has 1 saturated heterocycles. The molecule has 0 bridgehead atoms. The summed E-state index contributed by atoms with van der Waals surface area (Å²) in [5.41, 5.74) is 2.65. The molecule has 1 fully saturated rings. The molecule has 1 aliphatic rings. The first-order chi connectivity index (χ1) is 9.36. The molecule has 1 aliphatic heterocycles. The summed E-state index contributed by atoms with van der Waals surface area (Å²) >= 11 is 1.69. The van der Waals surface area contributed by atoms with Crippen molar-refractivity contribution >= 4 is 11.3 Å². The third kappa shape index (κ3) is 2.67. The smallest absolute Gasteiger partial charge is 0.0991 e. The van der Waals surface area contributed by atoms with Crippen LogP contribution in [0.25, 0.3) is 11.3 Å². The van der Waals surface area contributed by atoms with E-state index in [1.807, 2.05) is 24.3 Å². The summed E-state index contributed by atoms with van der Waals surface area (Å²) in [5, 5.41) is 12.2. The van der Waals surface area contributed by atoms with Gasteiger partial charge in [-0.15, -0.1) is 11.3 Å². The standard InChI is InChI=1S/C15H14N2OS/c16-8-11-3-1-4-12(7-11)14-10-19-15(17-14)13-5-2-6-18-9-13/h1,3-4,7,10,13H,2,5-6,9H2. The third-order valence-corrected chi connectivity index (χ3v) is 4.33. The zero-order valence-electron chi connectivity index (χ0n) is 10.5. The number of ether oxygens (including phenoxy) is 1.